The molecule has 0 aromatic heterocycles. The number of amides is 8. The van der Waals surface area contributed by atoms with Crippen LogP contribution in [0.3, 0.4) is 0 Å². The van der Waals surface area contributed by atoms with Crippen molar-refractivity contribution in [1.29, 1.82) is 0 Å². The van der Waals surface area contributed by atoms with E-state index in [0.29, 0.717) is 12.8 Å². The van der Waals surface area contributed by atoms with Crippen molar-refractivity contribution in [1.82, 2.24) is 35.4 Å². The minimum atomic E-state index is -4.42. The molecule has 0 bridgehead atoms. The molecule has 8 amide bonds. The van der Waals surface area contributed by atoms with Crippen LogP contribution in [0, 0.1) is 22.2 Å². The van der Waals surface area contributed by atoms with Crippen LogP contribution in [-0.2, 0) is 58.5 Å². The van der Waals surface area contributed by atoms with Gasteiger partial charge in [0, 0.05) is 60.8 Å². The molecule has 2 aromatic rings. The monoisotopic (exact) mass is 1070 g/mol. The lowest BCUT2D eigenvalue weighted by atomic mass is 9.76. The van der Waals surface area contributed by atoms with Crippen LogP contribution < -0.4 is 26.0 Å². The van der Waals surface area contributed by atoms with Crippen LogP contribution in [0.25, 0.3) is 0 Å². The molecule has 5 N–H and O–H groups in total. The molecule has 1 unspecified atom stereocenters. The molecule has 0 radical (unpaired) electrons. The summed E-state index contributed by atoms with van der Waals surface area (Å²) in [5.41, 5.74) is -1.33. The van der Waals surface area contributed by atoms with E-state index in [1.165, 1.54) is 59.2 Å². The third-order valence-electron chi connectivity index (χ3n) is 13.8. The Kier molecular flexibility index (Phi) is 20.7. The van der Waals surface area contributed by atoms with Gasteiger partial charge in [-0.1, -0.05) is 113 Å². The number of carbonyl (C=O) groups is 8. The molecule has 20 heteroatoms. The highest BCUT2D eigenvalue weighted by molar-refractivity contribution is 7.90. The number of nitrogens with one attached hydrogen (secondary N) is 5. The van der Waals surface area contributed by atoms with Crippen molar-refractivity contribution in [3.63, 3.8) is 0 Å². The second-order valence-electron chi connectivity index (χ2n) is 23.7. The van der Waals surface area contributed by atoms with E-state index in [1.807, 2.05) is 106 Å². The molecule has 2 aliphatic rings. The summed E-state index contributed by atoms with van der Waals surface area (Å²) in [6.07, 6.45) is 4.93. The Balaban J connectivity index is 1.33. The van der Waals surface area contributed by atoms with Crippen molar-refractivity contribution in [3.05, 3.63) is 84.0 Å². The van der Waals surface area contributed by atoms with E-state index < -0.39 is 85.5 Å². The van der Waals surface area contributed by atoms with Gasteiger partial charge < -0.3 is 35.8 Å². The second-order valence-corrected chi connectivity index (χ2v) is 25.4. The molecule has 1 saturated heterocycles. The van der Waals surface area contributed by atoms with E-state index in [9.17, 15) is 46.8 Å². The maximum atomic E-state index is 14.4. The van der Waals surface area contributed by atoms with Crippen LogP contribution in [0.1, 0.15) is 115 Å². The number of anilines is 1. The molecule has 0 aliphatic carbocycles. The molecule has 1 fully saturated rings. The van der Waals surface area contributed by atoms with E-state index in [1.54, 1.807) is 21.0 Å². The van der Waals surface area contributed by atoms with Crippen LogP contribution in [0.15, 0.2) is 83.3 Å². The third-order valence-corrected chi connectivity index (χ3v) is 15.2. The summed E-state index contributed by atoms with van der Waals surface area (Å²) in [6, 6.07) is 10.7. The summed E-state index contributed by atoms with van der Waals surface area (Å²) in [7, 11) is -1.14. The van der Waals surface area contributed by atoms with Crippen LogP contribution >= 0.6 is 0 Å². The van der Waals surface area contributed by atoms with E-state index >= 15 is 0 Å². The largest absolute Gasteiger partial charge is 0.380 e. The Morgan fingerprint density at radius 1 is 0.816 bits per heavy atom. The normalized spacial score (nSPS) is 17.3. The third kappa shape index (κ3) is 16.4. The highest BCUT2D eigenvalue weighted by atomic mass is 32.2. The minimum absolute atomic E-state index is 0.0287. The van der Waals surface area contributed by atoms with Crippen molar-refractivity contribution in [2.75, 3.05) is 45.7 Å². The second kappa shape index (κ2) is 25.3. The summed E-state index contributed by atoms with van der Waals surface area (Å²) in [4.78, 5) is 110. The number of imide groups is 1. The molecule has 76 heavy (non-hydrogen) atoms. The van der Waals surface area contributed by atoms with Gasteiger partial charge in [-0.2, -0.15) is 0 Å². The number of nitrogens with zero attached hydrogens (tertiary/aromatic N) is 3. The van der Waals surface area contributed by atoms with E-state index in [2.05, 4.69) is 26.0 Å². The van der Waals surface area contributed by atoms with Gasteiger partial charge >= 0.3 is 0 Å². The van der Waals surface area contributed by atoms with Crippen LogP contribution in [-0.4, -0.2) is 141 Å². The average Bonchev–Trinajstić information content (AvgIpc) is 3.94. The first-order chi connectivity index (χ1) is 35.1. The fourth-order valence-electron chi connectivity index (χ4n) is 9.42. The molecule has 0 saturated carbocycles. The SMILES string of the molecule is CN[C@H](C(=O)NC(C(=O)N(C)[C@H](/C=C(\C)C(=O)NS(=O)(=O)c1ccc(NC(=O)[C@@H]2CCCN2C(=O)[C@H](C)NC(=O)CC(C)(C)COCC(C)(C)CN2C(=O)C=CC2=O)cc1)C(C)C)C(C)(C)C)C(C)(C)c1ccccc1. The number of likely N-dealkylation sites (N-methyl/N-ethyl adjacent to an activating group) is 2. The Bertz CT molecular complexity index is 2620. The number of benzene rings is 2. The number of likely N-dealkylation sites (tertiary alicyclic amines) is 1. The fraction of sp³-hybridized carbons (Fsp3) is 0.571. The van der Waals surface area contributed by atoms with Crippen molar-refractivity contribution >= 4 is 63.0 Å². The van der Waals surface area contributed by atoms with Gasteiger partial charge in [0.2, 0.25) is 29.5 Å². The molecule has 418 valence electrons. The zero-order valence-electron chi connectivity index (χ0n) is 47.1. The van der Waals surface area contributed by atoms with Gasteiger partial charge in [-0.05, 0) is 80.3 Å². The molecule has 2 aromatic carbocycles. The molecular weight excluding hydrogens is 993 g/mol. The van der Waals surface area contributed by atoms with Gasteiger partial charge in [0.25, 0.3) is 27.7 Å². The van der Waals surface area contributed by atoms with Gasteiger partial charge in [-0.3, -0.25) is 43.3 Å². The highest BCUT2D eigenvalue weighted by Gasteiger charge is 2.42. The molecule has 2 heterocycles. The summed E-state index contributed by atoms with van der Waals surface area (Å²) < 4.78 is 35.1. The van der Waals surface area contributed by atoms with E-state index in [4.69, 9.17) is 4.74 Å². The quantitative estimate of drug-likeness (QED) is 0.0701. The summed E-state index contributed by atoms with van der Waals surface area (Å²) in [6.45, 7) is 24.5. The molecule has 19 nitrogen and oxygen atoms in total. The Morgan fingerprint density at radius 2 is 1.39 bits per heavy atom. The maximum Gasteiger partial charge on any atom is 0.264 e. The molecular formula is C56H82N8O11S. The van der Waals surface area contributed by atoms with Gasteiger partial charge in [0.05, 0.1) is 30.2 Å². The first kappa shape index (κ1) is 62.3. The molecule has 5 atom stereocenters. The summed E-state index contributed by atoms with van der Waals surface area (Å²) in [5, 5.41) is 11.6. The van der Waals surface area contributed by atoms with Crippen molar-refractivity contribution in [2.24, 2.45) is 22.2 Å². The lowest BCUT2D eigenvalue weighted by molar-refractivity contribution is -0.141. The van der Waals surface area contributed by atoms with Crippen molar-refractivity contribution < 1.29 is 51.5 Å². The van der Waals surface area contributed by atoms with E-state index in [-0.39, 0.29) is 78.4 Å². The Hall–Kier alpha value is -6.25. The molecule has 4 rings (SSSR count). The van der Waals surface area contributed by atoms with Gasteiger partial charge in [-0.25, -0.2) is 13.1 Å². The van der Waals surface area contributed by atoms with Gasteiger partial charge in [0.15, 0.2) is 0 Å². The van der Waals surface area contributed by atoms with Crippen LogP contribution in [0.2, 0.25) is 0 Å². The lowest BCUT2D eigenvalue weighted by Gasteiger charge is -2.40. The van der Waals surface area contributed by atoms with Gasteiger partial charge in [0.1, 0.15) is 18.1 Å². The molecule has 2 aliphatic heterocycles. The zero-order valence-corrected chi connectivity index (χ0v) is 47.9. The number of hydrogen-bond acceptors (Lipinski definition) is 12. The van der Waals surface area contributed by atoms with Crippen LogP contribution in [0.5, 0.6) is 0 Å². The van der Waals surface area contributed by atoms with Crippen molar-refractivity contribution in [2.45, 2.75) is 150 Å². The smallest absolute Gasteiger partial charge is 0.264 e. The summed E-state index contributed by atoms with van der Waals surface area (Å²) >= 11 is 0. The topological polar surface area (TPSA) is 250 Å². The average molecular weight is 1080 g/mol. The number of sulfonamides is 1. The highest BCUT2D eigenvalue weighted by Crippen LogP contribution is 2.30. The first-order valence-electron chi connectivity index (χ1n) is 25.8. The minimum Gasteiger partial charge on any atom is -0.380 e. The number of rotatable bonds is 24. The Labute approximate surface area is 449 Å². The zero-order chi connectivity index (χ0) is 57.3. The predicted octanol–water partition coefficient (Wildman–Crippen LogP) is 4.84. The van der Waals surface area contributed by atoms with Crippen LogP contribution in [0.4, 0.5) is 5.69 Å². The van der Waals surface area contributed by atoms with E-state index in [0.717, 1.165) is 10.5 Å². The lowest BCUT2D eigenvalue weighted by Crippen LogP contribution is -2.61. The van der Waals surface area contributed by atoms with Crippen molar-refractivity contribution in [3.8, 4) is 0 Å². The summed E-state index contributed by atoms with van der Waals surface area (Å²) in [5.74, 6) is -3.98. The fourth-order valence-corrected chi connectivity index (χ4v) is 10.4. The number of carbonyl (C=O) groups excluding carboxylic acids is 8. The van der Waals surface area contributed by atoms with Gasteiger partial charge in [-0.15, -0.1) is 0 Å². The predicted molar refractivity (Wildman–Crippen MR) is 290 cm³/mol. The maximum absolute atomic E-state index is 14.4. The standard InChI is InChI=1S/C56H82N8O11S/c1-35(2)42(62(15)52(72)47(53(5,6)7)60-50(70)46(57-14)56(12,13)38-20-17-16-18-21-38)30-36(3)48(68)61-76(73,74)40-25-23-39(24-26-40)59-49(69)41-22-19-29-63(41)51(71)37(4)58-43(65)31-54(8,9)33-75-34-55(10,11)32-64-44(66)27-28-45(64)67/h16-18,20-21,23-28,30,35,37,41-42,46-47,57H,19,22,29,31-34H2,1-15H3,(H,58,65)(H,59,69)(H,60,70)(H,61,68)/b36-30+/t37-,41-,42+,46+,47?/m0/s1. The number of hydrogen-bond donors (Lipinski definition) is 5. The number of ether oxygens (including phenoxy) is 1. The Morgan fingerprint density at radius 3 is 1.95 bits per heavy atom. The molecule has 0 spiro atoms. The first-order valence-corrected chi connectivity index (χ1v) is 27.3.